The molecule has 0 saturated heterocycles. The zero-order valence-corrected chi connectivity index (χ0v) is 12.8. The quantitative estimate of drug-likeness (QED) is 0.465. The molecule has 0 aromatic heterocycles. The Labute approximate surface area is 134 Å². The zero-order chi connectivity index (χ0) is 16.7. The van der Waals surface area contributed by atoms with E-state index in [0.29, 0.717) is 29.3 Å². The van der Waals surface area contributed by atoms with Crippen molar-refractivity contribution in [2.45, 2.75) is 0 Å². The first-order valence-electron chi connectivity index (χ1n) is 6.76. The van der Waals surface area contributed by atoms with Crippen molar-refractivity contribution in [3.63, 3.8) is 0 Å². The molecule has 0 aliphatic carbocycles. The Hall–Kier alpha value is -3.26. The molecule has 0 aliphatic rings. The number of carbonyl (C=O) groups is 1. The molecule has 2 aromatic carbocycles. The normalized spacial score (nSPS) is 10.6. The summed E-state index contributed by atoms with van der Waals surface area (Å²) in [5.74, 6) is 1.60. The van der Waals surface area contributed by atoms with Crippen molar-refractivity contribution in [1.29, 1.82) is 5.26 Å². The van der Waals surface area contributed by atoms with Gasteiger partial charge in [0.05, 0.1) is 25.9 Å². The largest absolute Gasteiger partial charge is 0.493 e. The molecule has 0 amide bonds. The Kier molecular flexibility index (Phi) is 5.37. The number of benzene rings is 2. The topological polar surface area (TPSA) is 68.5 Å². The summed E-state index contributed by atoms with van der Waals surface area (Å²) in [5, 5.41) is 9.41. The average molecular weight is 309 g/mol. The zero-order valence-electron chi connectivity index (χ0n) is 12.8. The smallest absolute Gasteiger partial charge is 0.298 e. The van der Waals surface area contributed by atoms with Crippen LogP contribution in [-0.2, 0) is 4.79 Å². The van der Waals surface area contributed by atoms with Crippen molar-refractivity contribution >= 4 is 18.1 Å². The van der Waals surface area contributed by atoms with E-state index < -0.39 is 0 Å². The van der Waals surface area contributed by atoms with Gasteiger partial charge >= 0.3 is 0 Å². The standard InChI is InChI=1S/C18H15NO4/c1-21-17-8-5-14(10-18(17)22-2)15(11-19)9-13-3-6-16(7-4-13)23-12-20/h3-10,12H,1-2H3/b15-9+. The van der Waals surface area contributed by atoms with Crippen LogP contribution in [0.5, 0.6) is 17.2 Å². The SMILES string of the molecule is COc1ccc(/C(C#N)=C/c2ccc(OC=O)cc2)cc1OC. The lowest BCUT2D eigenvalue weighted by molar-refractivity contribution is -0.120. The molecule has 116 valence electrons. The third-order valence-electron chi connectivity index (χ3n) is 3.19. The number of carbonyl (C=O) groups excluding carboxylic acids is 1. The Morgan fingerprint density at radius 2 is 1.74 bits per heavy atom. The summed E-state index contributed by atoms with van der Waals surface area (Å²) in [6.07, 6.45) is 1.74. The molecule has 0 spiro atoms. The van der Waals surface area contributed by atoms with Crippen LogP contribution in [0.4, 0.5) is 0 Å². The van der Waals surface area contributed by atoms with Crippen LogP contribution in [-0.4, -0.2) is 20.7 Å². The van der Waals surface area contributed by atoms with Crippen molar-refractivity contribution in [3.05, 3.63) is 53.6 Å². The van der Waals surface area contributed by atoms with E-state index in [4.69, 9.17) is 14.2 Å². The molecule has 0 radical (unpaired) electrons. The maximum atomic E-state index is 10.3. The highest BCUT2D eigenvalue weighted by molar-refractivity contribution is 5.90. The molecule has 0 N–H and O–H groups in total. The summed E-state index contributed by atoms with van der Waals surface area (Å²) in [4.78, 5) is 10.3. The summed E-state index contributed by atoms with van der Waals surface area (Å²) in [6.45, 7) is 0.370. The highest BCUT2D eigenvalue weighted by Gasteiger charge is 2.08. The first-order valence-corrected chi connectivity index (χ1v) is 6.76. The second kappa shape index (κ2) is 7.66. The molecule has 0 fully saturated rings. The minimum absolute atomic E-state index is 0.370. The minimum Gasteiger partial charge on any atom is -0.493 e. The van der Waals surface area contributed by atoms with E-state index in [2.05, 4.69) is 6.07 Å². The lowest BCUT2D eigenvalue weighted by Gasteiger charge is -2.09. The number of rotatable bonds is 6. The molecular weight excluding hydrogens is 294 g/mol. The number of hydrogen-bond acceptors (Lipinski definition) is 5. The van der Waals surface area contributed by atoms with Crippen LogP contribution in [0.2, 0.25) is 0 Å². The summed E-state index contributed by atoms with van der Waals surface area (Å²) in [7, 11) is 3.10. The highest BCUT2D eigenvalue weighted by Crippen LogP contribution is 2.31. The van der Waals surface area contributed by atoms with E-state index in [1.54, 1.807) is 62.8 Å². The van der Waals surface area contributed by atoms with E-state index in [1.807, 2.05) is 0 Å². The van der Waals surface area contributed by atoms with Crippen molar-refractivity contribution in [2.24, 2.45) is 0 Å². The van der Waals surface area contributed by atoms with E-state index >= 15 is 0 Å². The molecule has 0 bridgehead atoms. The van der Waals surface area contributed by atoms with Gasteiger partial charge < -0.3 is 14.2 Å². The summed E-state index contributed by atoms with van der Waals surface area (Å²) in [6, 6.07) is 14.3. The Morgan fingerprint density at radius 3 is 2.30 bits per heavy atom. The van der Waals surface area contributed by atoms with Gasteiger partial charge in [0.15, 0.2) is 11.5 Å². The Morgan fingerprint density at radius 1 is 1.04 bits per heavy atom. The number of ether oxygens (including phenoxy) is 3. The molecule has 0 aliphatic heterocycles. The van der Waals surface area contributed by atoms with Gasteiger partial charge in [0.2, 0.25) is 0 Å². The average Bonchev–Trinajstić information content (AvgIpc) is 2.60. The van der Waals surface area contributed by atoms with Gasteiger partial charge in [-0.25, -0.2) is 0 Å². The lowest BCUT2D eigenvalue weighted by atomic mass is 10.0. The number of hydrogen-bond donors (Lipinski definition) is 0. The summed E-state index contributed by atoms with van der Waals surface area (Å²) in [5.41, 5.74) is 2.02. The van der Waals surface area contributed by atoms with Gasteiger partial charge in [-0.2, -0.15) is 5.26 Å². The van der Waals surface area contributed by atoms with E-state index in [9.17, 15) is 10.1 Å². The van der Waals surface area contributed by atoms with Gasteiger partial charge in [0.1, 0.15) is 5.75 Å². The van der Waals surface area contributed by atoms with Crippen LogP contribution in [0.15, 0.2) is 42.5 Å². The molecule has 5 nitrogen and oxygen atoms in total. The predicted molar refractivity (Wildman–Crippen MR) is 86.2 cm³/mol. The molecule has 5 heteroatoms. The lowest BCUT2D eigenvalue weighted by Crippen LogP contribution is -1.92. The maximum Gasteiger partial charge on any atom is 0.298 e. The molecule has 0 atom stereocenters. The number of allylic oxidation sites excluding steroid dienone is 1. The fourth-order valence-electron chi connectivity index (χ4n) is 2.05. The van der Waals surface area contributed by atoms with Gasteiger partial charge in [-0.15, -0.1) is 0 Å². The second-order valence-electron chi connectivity index (χ2n) is 4.52. The number of nitrogens with zero attached hydrogens (tertiary/aromatic N) is 1. The van der Waals surface area contributed by atoms with Crippen LogP contribution in [0.3, 0.4) is 0 Å². The molecule has 0 saturated carbocycles. The summed E-state index contributed by atoms with van der Waals surface area (Å²) < 4.78 is 15.2. The van der Waals surface area contributed by atoms with Crippen molar-refractivity contribution in [2.75, 3.05) is 14.2 Å². The third-order valence-corrected chi connectivity index (χ3v) is 3.19. The molecule has 2 aromatic rings. The van der Waals surface area contributed by atoms with Crippen LogP contribution in [0.1, 0.15) is 11.1 Å². The maximum absolute atomic E-state index is 10.3. The van der Waals surface area contributed by atoms with Crippen LogP contribution >= 0.6 is 0 Å². The van der Waals surface area contributed by atoms with Crippen molar-refractivity contribution in [3.8, 4) is 23.3 Å². The van der Waals surface area contributed by atoms with Gasteiger partial charge in [0.25, 0.3) is 6.47 Å². The first-order chi connectivity index (χ1) is 11.2. The molecule has 0 unspecified atom stereocenters. The molecule has 2 rings (SSSR count). The number of nitriles is 1. The second-order valence-corrected chi connectivity index (χ2v) is 4.52. The predicted octanol–water partition coefficient (Wildman–Crippen LogP) is 3.30. The Bertz CT molecular complexity index is 758. The van der Waals surface area contributed by atoms with Crippen LogP contribution in [0.25, 0.3) is 11.6 Å². The van der Waals surface area contributed by atoms with Gasteiger partial charge in [-0.3, -0.25) is 4.79 Å². The van der Waals surface area contributed by atoms with Gasteiger partial charge in [-0.05, 0) is 47.5 Å². The highest BCUT2D eigenvalue weighted by atomic mass is 16.5. The van der Waals surface area contributed by atoms with E-state index in [0.717, 1.165) is 11.1 Å². The molecular formula is C18H15NO4. The van der Waals surface area contributed by atoms with Crippen molar-refractivity contribution < 1.29 is 19.0 Å². The minimum atomic E-state index is 0.370. The first kappa shape index (κ1) is 16.1. The van der Waals surface area contributed by atoms with Gasteiger partial charge in [0, 0.05) is 0 Å². The fourth-order valence-corrected chi connectivity index (χ4v) is 2.05. The third kappa shape index (κ3) is 3.89. The van der Waals surface area contributed by atoms with Gasteiger partial charge in [-0.1, -0.05) is 12.1 Å². The Balaban J connectivity index is 2.35. The fraction of sp³-hybridized carbons (Fsp3) is 0.111. The molecule has 0 heterocycles. The number of methoxy groups -OCH3 is 2. The van der Waals surface area contributed by atoms with E-state index in [1.165, 1.54) is 0 Å². The van der Waals surface area contributed by atoms with Crippen LogP contribution < -0.4 is 14.2 Å². The molecule has 23 heavy (non-hydrogen) atoms. The summed E-state index contributed by atoms with van der Waals surface area (Å²) >= 11 is 0. The van der Waals surface area contributed by atoms with Crippen molar-refractivity contribution in [1.82, 2.24) is 0 Å². The van der Waals surface area contributed by atoms with Crippen LogP contribution in [0, 0.1) is 11.3 Å². The monoisotopic (exact) mass is 309 g/mol. The van der Waals surface area contributed by atoms with E-state index in [-0.39, 0.29) is 0 Å².